The summed E-state index contributed by atoms with van der Waals surface area (Å²) in [6.45, 7) is 3.06. The summed E-state index contributed by atoms with van der Waals surface area (Å²) in [7, 11) is 0. The molecule has 22 heavy (non-hydrogen) atoms. The van der Waals surface area contributed by atoms with Crippen molar-refractivity contribution in [3.8, 4) is 5.69 Å². The summed E-state index contributed by atoms with van der Waals surface area (Å²) in [6, 6.07) is 9.52. The quantitative estimate of drug-likeness (QED) is 0.942. The fourth-order valence-electron chi connectivity index (χ4n) is 2.60. The number of aryl methyl sites for hydroxylation is 1. The SMILES string of the molecule is Cc1nn(-c2ccccc2)c(Cl)c1C(=O)NC[C@@H]1CCCO1. The Kier molecular flexibility index (Phi) is 4.45. The average molecular weight is 320 g/mol. The lowest BCUT2D eigenvalue weighted by Gasteiger charge is -2.10. The van der Waals surface area contributed by atoms with Crippen LogP contribution in [0.1, 0.15) is 28.9 Å². The number of carbonyl (C=O) groups excluding carboxylic acids is 1. The third-order valence-electron chi connectivity index (χ3n) is 3.75. The van der Waals surface area contributed by atoms with Crippen LogP contribution in [-0.2, 0) is 4.74 Å². The fraction of sp³-hybridized carbons (Fsp3) is 0.375. The van der Waals surface area contributed by atoms with Crippen LogP contribution in [0, 0.1) is 6.92 Å². The zero-order valence-corrected chi connectivity index (χ0v) is 13.1. The minimum absolute atomic E-state index is 0.104. The lowest BCUT2D eigenvalue weighted by atomic mass is 10.2. The van der Waals surface area contributed by atoms with Gasteiger partial charge in [0.25, 0.3) is 5.91 Å². The van der Waals surface area contributed by atoms with E-state index in [0.717, 1.165) is 25.1 Å². The van der Waals surface area contributed by atoms with Crippen LogP contribution in [0.3, 0.4) is 0 Å². The number of carbonyl (C=O) groups is 1. The molecule has 1 saturated heterocycles. The van der Waals surface area contributed by atoms with E-state index in [-0.39, 0.29) is 12.0 Å². The molecule has 1 amide bonds. The Morgan fingerprint density at radius 3 is 2.91 bits per heavy atom. The molecule has 0 aliphatic carbocycles. The molecule has 1 N–H and O–H groups in total. The third kappa shape index (κ3) is 3.00. The highest BCUT2D eigenvalue weighted by Crippen LogP contribution is 2.23. The summed E-state index contributed by atoms with van der Waals surface area (Å²) in [5.74, 6) is -0.208. The zero-order valence-electron chi connectivity index (χ0n) is 12.4. The number of halogens is 1. The Labute approximate surface area is 134 Å². The standard InChI is InChI=1S/C16H18ClN3O2/c1-11-14(16(21)18-10-13-8-5-9-22-13)15(17)20(19-11)12-6-3-2-4-7-12/h2-4,6-7,13H,5,8-10H2,1H3,(H,18,21)/t13-/m0/s1. The average Bonchev–Trinajstić information content (AvgIpc) is 3.14. The van der Waals surface area contributed by atoms with E-state index in [1.165, 1.54) is 0 Å². The second-order valence-corrected chi connectivity index (χ2v) is 5.70. The number of nitrogens with one attached hydrogen (secondary N) is 1. The van der Waals surface area contributed by atoms with E-state index in [0.29, 0.717) is 23.0 Å². The molecular weight excluding hydrogens is 302 g/mol. The molecule has 1 fully saturated rings. The maximum absolute atomic E-state index is 12.4. The van der Waals surface area contributed by atoms with Crippen LogP contribution in [0.5, 0.6) is 0 Å². The first kappa shape index (κ1) is 15.1. The molecule has 0 spiro atoms. The van der Waals surface area contributed by atoms with Crippen molar-refractivity contribution in [1.82, 2.24) is 15.1 Å². The molecule has 116 valence electrons. The van der Waals surface area contributed by atoms with Crippen LogP contribution in [-0.4, -0.2) is 34.9 Å². The minimum atomic E-state index is -0.208. The van der Waals surface area contributed by atoms with Gasteiger partial charge < -0.3 is 10.1 Å². The number of amides is 1. The van der Waals surface area contributed by atoms with Gasteiger partial charge in [-0.3, -0.25) is 4.79 Å². The number of ether oxygens (including phenoxy) is 1. The van der Waals surface area contributed by atoms with Crippen LogP contribution < -0.4 is 5.32 Å². The minimum Gasteiger partial charge on any atom is -0.376 e. The Balaban J connectivity index is 1.78. The summed E-state index contributed by atoms with van der Waals surface area (Å²) in [4.78, 5) is 12.4. The van der Waals surface area contributed by atoms with E-state index in [2.05, 4.69) is 10.4 Å². The maximum Gasteiger partial charge on any atom is 0.256 e. The van der Waals surface area contributed by atoms with Gasteiger partial charge in [0, 0.05) is 13.2 Å². The van der Waals surface area contributed by atoms with E-state index in [4.69, 9.17) is 16.3 Å². The highest BCUT2D eigenvalue weighted by Gasteiger charge is 2.22. The number of rotatable bonds is 4. The van der Waals surface area contributed by atoms with Crippen molar-refractivity contribution in [2.45, 2.75) is 25.9 Å². The monoisotopic (exact) mass is 319 g/mol. The van der Waals surface area contributed by atoms with E-state index in [1.54, 1.807) is 11.6 Å². The molecule has 6 heteroatoms. The molecule has 1 atom stereocenters. The number of para-hydroxylation sites is 1. The molecule has 0 saturated carbocycles. The number of nitrogens with zero attached hydrogens (tertiary/aromatic N) is 2. The molecule has 1 aromatic carbocycles. The molecule has 1 aromatic heterocycles. The zero-order chi connectivity index (χ0) is 15.5. The second kappa shape index (κ2) is 6.50. The van der Waals surface area contributed by atoms with Crippen LogP contribution in [0.2, 0.25) is 5.15 Å². The molecule has 2 heterocycles. The van der Waals surface area contributed by atoms with Crippen molar-refractivity contribution in [1.29, 1.82) is 0 Å². The predicted octanol–water partition coefficient (Wildman–Crippen LogP) is 2.74. The molecule has 5 nitrogen and oxygen atoms in total. The lowest BCUT2D eigenvalue weighted by molar-refractivity contribution is 0.0857. The Hall–Kier alpha value is -1.85. The van der Waals surface area contributed by atoms with Gasteiger partial charge in [0.1, 0.15) is 5.15 Å². The van der Waals surface area contributed by atoms with Crippen molar-refractivity contribution >= 4 is 17.5 Å². The summed E-state index contributed by atoms with van der Waals surface area (Å²) < 4.78 is 7.09. The normalized spacial score (nSPS) is 17.6. The Bertz CT molecular complexity index is 664. The summed E-state index contributed by atoms with van der Waals surface area (Å²) in [6.07, 6.45) is 2.13. The van der Waals surface area contributed by atoms with Gasteiger partial charge >= 0.3 is 0 Å². The molecule has 1 aliphatic heterocycles. The molecular formula is C16H18ClN3O2. The molecule has 0 unspecified atom stereocenters. The van der Waals surface area contributed by atoms with Crippen molar-refractivity contribution in [2.24, 2.45) is 0 Å². The number of aromatic nitrogens is 2. The number of hydrogen-bond donors (Lipinski definition) is 1. The van der Waals surface area contributed by atoms with E-state index in [9.17, 15) is 4.79 Å². The van der Waals surface area contributed by atoms with Gasteiger partial charge in [0.2, 0.25) is 0 Å². The van der Waals surface area contributed by atoms with E-state index < -0.39 is 0 Å². The highest BCUT2D eigenvalue weighted by molar-refractivity contribution is 6.33. The first-order chi connectivity index (χ1) is 10.7. The topological polar surface area (TPSA) is 56.2 Å². The van der Waals surface area contributed by atoms with Crippen molar-refractivity contribution in [2.75, 3.05) is 13.2 Å². The van der Waals surface area contributed by atoms with E-state index >= 15 is 0 Å². The van der Waals surface area contributed by atoms with Crippen LogP contribution in [0.25, 0.3) is 5.69 Å². The van der Waals surface area contributed by atoms with Crippen LogP contribution in [0.4, 0.5) is 0 Å². The number of benzene rings is 1. The summed E-state index contributed by atoms with van der Waals surface area (Å²) in [5.41, 5.74) is 1.86. The predicted molar refractivity (Wildman–Crippen MR) is 84.6 cm³/mol. The first-order valence-corrected chi connectivity index (χ1v) is 7.75. The van der Waals surface area contributed by atoms with Crippen LogP contribution >= 0.6 is 11.6 Å². The summed E-state index contributed by atoms with van der Waals surface area (Å²) in [5, 5.41) is 7.59. The van der Waals surface area contributed by atoms with Crippen molar-refractivity contribution in [3.05, 3.63) is 46.7 Å². The second-order valence-electron chi connectivity index (χ2n) is 5.34. The largest absolute Gasteiger partial charge is 0.376 e. The van der Waals surface area contributed by atoms with Gasteiger partial charge in [-0.15, -0.1) is 0 Å². The molecule has 3 rings (SSSR count). The van der Waals surface area contributed by atoms with Gasteiger partial charge in [0.05, 0.1) is 23.0 Å². The van der Waals surface area contributed by atoms with Crippen molar-refractivity contribution in [3.63, 3.8) is 0 Å². The van der Waals surface area contributed by atoms with Gasteiger partial charge in [-0.2, -0.15) is 5.10 Å². The van der Waals surface area contributed by atoms with Gasteiger partial charge in [-0.25, -0.2) is 4.68 Å². The van der Waals surface area contributed by atoms with Gasteiger partial charge in [-0.05, 0) is 31.9 Å². The molecule has 1 aliphatic rings. The van der Waals surface area contributed by atoms with Gasteiger partial charge in [0.15, 0.2) is 0 Å². The highest BCUT2D eigenvalue weighted by atomic mass is 35.5. The van der Waals surface area contributed by atoms with E-state index in [1.807, 2.05) is 30.3 Å². The first-order valence-electron chi connectivity index (χ1n) is 7.37. The fourth-order valence-corrected chi connectivity index (χ4v) is 2.96. The lowest BCUT2D eigenvalue weighted by Crippen LogP contribution is -2.32. The molecule has 0 bridgehead atoms. The van der Waals surface area contributed by atoms with Gasteiger partial charge in [-0.1, -0.05) is 29.8 Å². The maximum atomic E-state index is 12.4. The summed E-state index contributed by atoms with van der Waals surface area (Å²) >= 11 is 6.36. The Morgan fingerprint density at radius 1 is 1.45 bits per heavy atom. The Morgan fingerprint density at radius 2 is 2.23 bits per heavy atom. The molecule has 2 aromatic rings. The molecule has 0 radical (unpaired) electrons. The van der Waals surface area contributed by atoms with Crippen LogP contribution in [0.15, 0.2) is 30.3 Å². The third-order valence-corrected chi connectivity index (χ3v) is 4.10. The van der Waals surface area contributed by atoms with Crippen molar-refractivity contribution < 1.29 is 9.53 Å². The number of hydrogen-bond acceptors (Lipinski definition) is 3. The smallest absolute Gasteiger partial charge is 0.256 e.